The molecule has 0 aliphatic rings. The molecule has 0 saturated carbocycles. The standard InChI is InChI=1S/C10H15N3OS/c1-7-6-10(14)13(8(2)12-7)5-3-4-9(11)15/h6H,3-5H2,1-2H3,(H2,11,15). The lowest BCUT2D eigenvalue weighted by molar-refractivity contribution is 0.601. The monoisotopic (exact) mass is 225 g/mol. The molecule has 0 aliphatic heterocycles. The quantitative estimate of drug-likeness (QED) is 0.774. The second-order valence-corrected chi connectivity index (χ2v) is 4.03. The molecule has 82 valence electrons. The van der Waals surface area contributed by atoms with Crippen molar-refractivity contribution in [3.05, 3.63) is 27.9 Å². The molecule has 1 rings (SSSR count). The Morgan fingerprint density at radius 2 is 2.27 bits per heavy atom. The molecule has 0 unspecified atom stereocenters. The number of hydrogen-bond acceptors (Lipinski definition) is 3. The third kappa shape index (κ3) is 3.43. The molecule has 0 fully saturated rings. The minimum Gasteiger partial charge on any atom is -0.393 e. The smallest absolute Gasteiger partial charge is 0.253 e. The topological polar surface area (TPSA) is 60.9 Å². The fourth-order valence-electron chi connectivity index (χ4n) is 1.45. The summed E-state index contributed by atoms with van der Waals surface area (Å²) < 4.78 is 1.64. The van der Waals surface area contributed by atoms with Crippen molar-refractivity contribution < 1.29 is 0 Å². The van der Waals surface area contributed by atoms with Gasteiger partial charge in [0.25, 0.3) is 5.56 Å². The molecule has 0 bridgehead atoms. The molecule has 0 aliphatic carbocycles. The minimum atomic E-state index is -0.0112. The average Bonchev–Trinajstić information content (AvgIpc) is 2.08. The van der Waals surface area contributed by atoms with Crippen LogP contribution in [0.3, 0.4) is 0 Å². The van der Waals surface area contributed by atoms with Gasteiger partial charge in [-0.05, 0) is 26.7 Å². The van der Waals surface area contributed by atoms with Crippen LogP contribution in [0.4, 0.5) is 0 Å². The highest BCUT2D eigenvalue weighted by molar-refractivity contribution is 7.80. The molecule has 4 nitrogen and oxygen atoms in total. The van der Waals surface area contributed by atoms with E-state index in [1.54, 1.807) is 4.57 Å². The van der Waals surface area contributed by atoms with Gasteiger partial charge in [0.15, 0.2) is 0 Å². The van der Waals surface area contributed by atoms with Crippen LogP contribution in [0.2, 0.25) is 0 Å². The number of rotatable bonds is 4. The Morgan fingerprint density at radius 3 is 2.80 bits per heavy atom. The Kier molecular flexibility index (Phi) is 3.96. The largest absolute Gasteiger partial charge is 0.393 e. The molecule has 0 spiro atoms. The van der Waals surface area contributed by atoms with Crippen molar-refractivity contribution in [1.29, 1.82) is 0 Å². The highest BCUT2D eigenvalue weighted by atomic mass is 32.1. The van der Waals surface area contributed by atoms with Gasteiger partial charge >= 0.3 is 0 Å². The summed E-state index contributed by atoms with van der Waals surface area (Å²) >= 11 is 4.77. The maximum Gasteiger partial charge on any atom is 0.253 e. The third-order valence-corrected chi connectivity index (χ3v) is 2.34. The molecule has 0 radical (unpaired) electrons. The van der Waals surface area contributed by atoms with E-state index in [2.05, 4.69) is 4.98 Å². The van der Waals surface area contributed by atoms with Crippen LogP contribution in [-0.2, 0) is 6.54 Å². The van der Waals surface area contributed by atoms with E-state index in [0.717, 1.165) is 17.9 Å². The number of aromatic nitrogens is 2. The molecule has 0 amide bonds. The lowest BCUT2D eigenvalue weighted by Gasteiger charge is -2.08. The maximum atomic E-state index is 11.6. The van der Waals surface area contributed by atoms with Crippen molar-refractivity contribution in [2.24, 2.45) is 5.73 Å². The van der Waals surface area contributed by atoms with Gasteiger partial charge in [0.2, 0.25) is 0 Å². The molecule has 0 saturated heterocycles. The van der Waals surface area contributed by atoms with Crippen LogP contribution in [0, 0.1) is 13.8 Å². The van der Waals surface area contributed by atoms with E-state index in [0.29, 0.717) is 18.0 Å². The molecule has 15 heavy (non-hydrogen) atoms. The number of hydrogen-bond donors (Lipinski definition) is 1. The Balaban J connectivity index is 2.77. The first-order valence-corrected chi connectivity index (χ1v) is 5.25. The van der Waals surface area contributed by atoms with Gasteiger partial charge in [0, 0.05) is 18.3 Å². The summed E-state index contributed by atoms with van der Waals surface area (Å²) in [6, 6.07) is 1.54. The van der Waals surface area contributed by atoms with E-state index in [1.165, 1.54) is 6.07 Å². The van der Waals surface area contributed by atoms with E-state index in [9.17, 15) is 4.79 Å². The Hall–Kier alpha value is -1.23. The van der Waals surface area contributed by atoms with Crippen molar-refractivity contribution in [2.45, 2.75) is 33.2 Å². The normalized spacial score (nSPS) is 10.3. The van der Waals surface area contributed by atoms with Crippen LogP contribution in [0.25, 0.3) is 0 Å². The third-order valence-electron chi connectivity index (χ3n) is 2.13. The van der Waals surface area contributed by atoms with Crippen LogP contribution < -0.4 is 11.3 Å². The zero-order valence-corrected chi connectivity index (χ0v) is 9.80. The number of aryl methyl sites for hydroxylation is 2. The van der Waals surface area contributed by atoms with Gasteiger partial charge in [-0.2, -0.15) is 0 Å². The molecule has 1 heterocycles. The molecule has 1 aromatic heterocycles. The first kappa shape index (κ1) is 11.8. The minimum absolute atomic E-state index is 0.0112. The van der Waals surface area contributed by atoms with E-state index < -0.39 is 0 Å². The fourth-order valence-corrected chi connectivity index (χ4v) is 1.59. The molecule has 2 N–H and O–H groups in total. The number of nitrogens with zero attached hydrogens (tertiary/aromatic N) is 2. The average molecular weight is 225 g/mol. The molecular formula is C10H15N3OS. The lowest BCUT2D eigenvalue weighted by Crippen LogP contribution is -2.24. The summed E-state index contributed by atoms with van der Waals surface area (Å²) in [7, 11) is 0. The van der Waals surface area contributed by atoms with Crippen molar-refractivity contribution in [1.82, 2.24) is 9.55 Å². The first-order valence-electron chi connectivity index (χ1n) is 4.84. The number of nitrogens with two attached hydrogens (primary N) is 1. The predicted octanol–water partition coefficient (Wildman–Crippen LogP) is 0.926. The van der Waals surface area contributed by atoms with Crippen LogP contribution in [0.5, 0.6) is 0 Å². The Morgan fingerprint density at radius 1 is 1.60 bits per heavy atom. The second kappa shape index (κ2) is 5.02. The maximum absolute atomic E-state index is 11.6. The van der Waals surface area contributed by atoms with Gasteiger partial charge in [-0.3, -0.25) is 9.36 Å². The molecule has 1 aromatic rings. The second-order valence-electron chi connectivity index (χ2n) is 3.50. The predicted molar refractivity (Wildman–Crippen MR) is 64.0 cm³/mol. The summed E-state index contributed by atoms with van der Waals surface area (Å²) in [5, 5.41) is 0. The van der Waals surface area contributed by atoms with E-state index >= 15 is 0 Å². The zero-order chi connectivity index (χ0) is 11.4. The first-order chi connectivity index (χ1) is 7.00. The Labute approximate surface area is 94.1 Å². The highest BCUT2D eigenvalue weighted by Gasteiger charge is 2.02. The van der Waals surface area contributed by atoms with Gasteiger partial charge in [-0.15, -0.1) is 0 Å². The van der Waals surface area contributed by atoms with Gasteiger partial charge in [0.05, 0.1) is 4.99 Å². The van der Waals surface area contributed by atoms with Crippen molar-refractivity contribution in [2.75, 3.05) is 0 Å². The van der Waals surface area contributed by atoms with Gasteiger partial charge < -0.3 is 5.73 Å². The van der Waals surface area contributed by atoms with Crippen molar-refractivity contribution >= 4 is 17.2 Å². The van der Waals surface area contributed by atoms with Gasteiger partial charge in [-0.1, -0.05) is 12.2 Å². The van der Waals surface area contributed by atoms with E-state index in [-0.39, 0.29) is 5.56 Å². The summed E-state index contributed by atoms with van der Waals surface area (Å²) in [5.74, 6) is 0.739. The SMILES string of the molecule is Cc1cc(=O)n(CCCC(N)=S)c(C)n1. The lowest BCUT2D eigenvalue weighted by atomic mass is 10.3. The van der Waals surface area contributed by atoms with Crippen LogP contribution in [0.1, 0.15) is 24.4 Å². The summed E-state index contributed by atoms with van der Waals surface area (Å²) in [6.07, 6.45) is 1.44. The number of thiocarbonyl (C=S) groups is 1. The van der Waals surface area contributed by atoms with Crippen molar-refractivity contribution in [3.63, 3.8) is 0 Å². The van der Waals surface area contributed by atoms with Gasteiger partial charge in [0.1, 0.15) is 5.82 Å². The Bertz CT molecular complexity index is 425. The fraction of sp³-hybridized carbons (Fsp3) is 0.500. The van der Waals surface area contributed by atoms with Crippen LogP contribution in [0.15, 0.2) is 10.9 Å². The molecular weight excluding hydrogens is 210 g/mol. The molecule has 0 aromatic carbocycles. The van der Waals surface area contributed by atoms with E-state index in [1.807, 2.05) is 13.8 Å². The van der Waals surface area contributed by atoms with E-state index in [4.69, 9.17) is 18.0 Å². The summed E-state index contributed by atoms with van der Waals surface area (Å²) in [6.45, 7) is 4.26. The van der Waals surface area contributed by atoms with Crippen LogP contribution in [-0.4, -0.2) is 14.5 Å². The summed E-state index contributed by atoms with van der Waals surface area (Å²) in [5.41, 5.74) is 6.13. The van der Waals surface area contributed by atoms with Crippen molar-refractivity contribution in [3.8, 4) is 0 Å². The van der Waals surface area contributed by atoms with Crippen LogP contribution >= 0.6 is 12.2 Å². The summed E-state index contributed by atoms with van der Waals surface area (Å²) in [4.78, 5) is 16.3. The molecule has 0 atom stereocenters. The van der Waals surface area contributed by atoms with Gasteiger partial charge in [-0.25, -0.2) is 4.98 Å². The zero-order valence-electron chi connectivity index (χ0n) is 8.99. The highest BCUT2D eigenvalue weighted by Crippen LogP contribution is 1.97. The molecule has 5 heteroatoms.